The van der Waals surface area contributed by atoms with E-state index in [1.54, 1.807) is 49.4 Å². The molecule has 0 bridgehead atoms. The minimum Gasteiger partial charge on any atom is -0.496 e. The average molecular weight is 392 g/mol. The number of nitrogens with one attached hydrogen (secondary N) is 2. The van der Waals surface area contributed by atoms with Gasteiger partial charge in [0, 0.05) is 13.1 Å². The van der Waals surface area contributed by atoms with Gasteiger partial charge in [-0.1, -0.05) is 25.1 Å². The van der Waals surface area contributed by atoms with Gasteiger partial charge in [-0.2, -0.15) is 0 Å². The topological polar surface area (TPSA) is 93.7 Å². The van der Waals surface area contributed by atoms with Crippen LogP contribution in [0.4, 0.5) is 0 Å². The predicted molar refractivity (Wildman–Crippen MR) is 103 cm³/mol. The van der Waals surface area contributed by atoms with E-state index in [0.717, 1.165) is 5.56 Å². The van der Waals surface area contributed by atoms with Crippen LogP contribution in [0.15, 0.2) is 47.4 Å². The summed E-state index contributed by atoms with van der Waals surface area (Å²) < 4.78 is 36.8. The molecule has 8 heteroatoms. The molecule has 0 saturated heterocycles. The van der Waals surface area contributed by atoms with E-state index in [2.05, 4.69) is 10.0 Å². The van der Waals surface area contributed by atoms with E-state index in [1.807, 2.05) is 0 Å². The zero-order valence-electron chi connectivity index (χ0n) is 15.6. The zero-order valence-corrected chi connectivity index (χ0v) is 16.4. The third-order valence-corrected chi connectivity index (χ3v) is 5.48. The van der Waals surface area contributed by atoms with Gasteiger partial charge in [-0.3, -0.25) is 4.79 Å². The fourth-order valence-electron chi connectivity index (χ4n) is 2.59. The first-order valence-corrected chi connectivity index (χ1v) is 9.99. The second-order valence-corrected chi connectivity index (χ2v) is 7.46. The highest BCUT2D eigenvalue weighted by Gasteiger charge is 2.17. The maximum absolute atomic E-state index is 12.5. The van der Waals surface area contributed by atoms with Crippen LogP contribution in [-0.2, 0) is 16.4 Å². The second kappa shape index (κ2) is 9.38. The molecule has 0 radical (unpaired) electrons. The lowest BCUT2D eigenvalue weighted by Crippen LogP contribution is -2.26. The summed E-state index contributed by atoms with van der Waals surface area (Å²) in [6.07, 6.45) is 0.560. The number of carbonyl (C=O) groups excluding carboxylic acids is 1. The number of ether oxygens (including phenoxy) is 2. The molecule has 0 aliphatic carbocycles. The Balaban J connectivity index is 2.00. The summed E-state index contributed by atoms with van der Waals surface area (Å²) in [6.45, 7) is 2.45. The van der Waals surface area contributed by atoms with Gasteiger partial charge in [0.1, 0.15) is 17.1 Å². The first-order valence-electron chi connectivity index (χ1n) is 8.50. The first-order chi connectivity index (χ1) is 12.9. The molecule has 0 unspecified atom stereocenters. The van der Waals surface area contributed by atoms with E-state index >= 15 is 0 Å². The largest absolute Gasteiger partial charge is 0.496 e. The van der Waals surface area contributed by atoms with Gasteiger partial charge >= 0.3 is 0 Å². The van der Waals surface area contributed by atoms with Gasteiger partial charge < -0.3 is 14.8 Å². The molecule has 0 atom stereocenters. The number of hydrogen-bond donors (Lipinski definition) is 2. The molecule has 0 saturated carbocycles. The molecule has 2 aromatic carbocycles. The van der Waals surface area contributed by atoms with Crippen LogP contribution < -0.4 is 19.5 Å². The van der Waals surface area contributed by atoms with Gasteiger partial charge in [0.05, 0.1) is 19.1 Å². The van der Waals surface area contributed by atoms with E-state index in [0.29, 0.717) is 36.6 Å². The molecule has 2 rings (SSSR count). The van der Waals surface area contributed by atoms with Crippen LogP contribution in [0, 0.1) is 0 Å². The second-order valence-electron chi connectivity index (χ2n) is 5.69. The van der Waals surface area contributed by atoms with Gasteiger partial charge in [-0.05, 0) is 36.2 Å². The number of carbonyl (C=O) groups is 1. The Labute approximate surface area is 159 Å². The van der Waals surface area contributed by atoms with Crippen LogP contribution in [0.1, 0.15) is 22.8 Å². The molecule has 2 aromatic rings. The van der Waals surface area contributed by atoms with E-state index in [1.165, 1.54) is 14.2 Å². The summed E-state index contributed by atoms with van der Waals surface area (Å²) in [7, 11) is -0.471. The highest BCUT2D eigenvalue weighted by molar-refractivity contribution is 7.89. The minimum absolute atomic E-state index is 0.218. The van der Waals surface area contributed by atoms with Crippen molar-refractivity contribution in [3.63, 3.8) is 0 Å². The fraction of sp³-hybridized carbons (Fsp3) is 0.316. The van der Waals surface area contributed by atoms with Crippen LogP contribution in [0.25, 0.3) is 0 Å². The van der Waals surface area contributed by atoms with Gasteiger partial charge in [0.2, 0.25) is 10.0 Å². The van der Waals surface area contributed by atoms with Gasteiger partial charge in [0.25, 0.3) is 5.91 Å². The molecule has 27 heavy (non-hydrogen) atoms. The predicted octanol–water partition coefficient (Wildman–Crippen LogP) is 1.97. The molecule has 0 aliphatic rings. The normalized spacial score (nSPS) is 11.1. The van der Waals surface area contributed by atoms with E-state index in [4.69, 9.17) is 9.47 Å². The van der Waals surface area contributed by atoms with Crippen LogP contribution in [0.2, 0.25) is 0 Å². The Morgan fingerprint density at radius 1 is 1.00 bits per heavy atom. The highest BCUT2D eigenvalue weighted by Crippen LogP contribution is 2.27. The maximum Gasteiger partial charge on any atom is 0.258 e. The summed E-state index contributed by atoms with van der Waals surface area (Å²) in [5.41, 5.74) is 1.26. The first kappa shape index (κ1) is 20.7. The lowest BCUT2D eigenvalue weighted by molar-refractivity contribution is 0.0948. The molecule has 0 fully saturated rings. The molecule has 0 heterocycles. The summed E-state index contributed by atoms with van der Waals surface area (Å²) in [5.74, 6) is 0.574. The third kappa shape index (κ3) is 5.21. The van der Waals surface area contributed by atoms with Crippen molar-refractivity contribution >= 4 is 15.9 Å². The Bertz CT molecular complexity index is 857. The average Bonchev–Trinajstić information content (AvgIpc) is 2.67. The summed E-state index contributed by atoms with van der Waals surface area (Å²) in [6, 6.07) is 11.7. The number of benzene rings is 2. The van der Waals surface area contributed by atoms with Crippen molar-refractivity contribution in [3.8, 4) is 11.5 Å². The van der Waals surface area contributed by atoms with Crippen LogP contribution in [0.3, 0.4) is 0 Å². The number of sulfonamides is 1. The van der Waals surface area contributed by atoms with Crippen molar-refractivity contribution in [1.82, 2.24) is 10.0 Å². The third-order valence-electron chi connectivity index (χ3n) is 3.92. The molecular formula is C19H24N2O5S. The standard InChI is InChI=1S/C19H24N2O5S/c1-4-21-27(23,24)15-10-8-14(9-11-15)12-13-20-19(22)18-16(25-2)6-5-7-17(18)26-3/h5-11,21H,4,12-13H2,1-3H3,(H,20,22). The number of amides is 1. The van der Waals surface area contributed by atoms with Crippen molar-refractivity contribution in [3.05, 3.63) is 53.6 Å². The molecule has 7 nitrogen and oxygen atoms in total. The zero-order chi connectivity index (χ0) is 19.9. The lowest BCUT2D eigenvalue weighted by Gasteiger charge is -2.13. The fourth-order valence-corrected chi connectivity index (χ4v) is 3.63. The molecular weight excluding hydrogens is 368 g/mol. The summed E-state index contributed by atoms with van der Waals surface area (Å²) >= 11 is 0. The summed E-state index contributed by atoms with van der Waals surface area (Å²) in [5, 5.41) is 2.83. The number of rotatable bonds is 9. The molecule has 2 N–H and O–H groups in total. The van der Waals surface area contributed by atoms with Crippen LogP contribution in [0.5, 0.6) is 11.5 Å². The molecule has 0 aliphatic heterocycles. The van der Waals surface area contributed by atoms with Crippen LogP contribution >= 0.6 is 0 Å². The number of methoxy groups -OCH3 is 2. The van der Waals surface area contributed by atoms with Crippen molar-refractivity contribution in [1.29, 1.82) is 0 Å². The van der Waals surface area contributed by atoms with Crippen molar-refractivity contribution < 1.29 is 22.7 Å². The summed E-state index contributed by atoms with van der Waals surface area (Å²) in [4.78, 5) is 12.7. The molecule has 146 valence electrons. The lowest BCUT2D eigenvalue weighted by atomic mass is 10.1. The quantitative estimate of drug-likeness (QED) is 0.681. The van der Waals surface area contributed by atoms with E-state index < -0.39 is 10.0 Å². The minimum atomic E-state index is -3.46. The Kier molecular flexibility index (Phi) is 7.20. The van der Waals surface area contributed by atoms with Crippen molar-refractivity contribution in [2.75, 3.05) is 27.3 Å². The SMILES string of the molecule is CCNS(=O)(=O)c1ccc(CCNC(=O)c2c(OC)cccc2OC)cc1. The van der Waals surface area contributed by atoms with Gasteiger partial charge in [-0.15, -0.1) is 0 Å². The molecule has 0 aromatic heterocycles. The van der Waals surface area contributed by atoms with E-state index in [9.17, 15) is 13.2 Å². The Morgan fingerprint density at radius 2 is 1.59 bits per heavy atom. The van der Waals surface area contributed by atoms with Crippen LogP contribution in [-0.4, -0.2) is 41.6 Å². The van der Waals surface area contributed by atoms with Gasteiger partial charge in [-0.25, -0.2) is 13.1 Å². The Morgan fingerprint density at radius 3 is 2.11 bits per heavy atom. The van der Waals surface area contributed by atoms with Crippen molar-refractivity contribution in [2.24, 2.45) is 0 Å². The monoisotopic (exact) mass is 392 g/mol. The molecule has 0 spiro atoms. The van der Waals surface area contributed by atoms with E-state index in [-0.39, 0.29) is 10.8 Å². The highest BCUT2D eigenvalue weighted by atomic mass is 32.2. The number of hydrogen-bond acceptors (Lipinski definition) is 5. The molecule has 1 amide bonds. The smallest absolute Gasteiger partial charge is 0.258 e. The maximum atomic E-state index is 12.5. The van der Waals surface area contributed by atoms with Crippen molar-refractivity contribution in [2.45, 2.75) is 18.2 Å². The van der Waals surface area contributed by atoms with Gasteiger partial charge in [0.15, 0.2) is 0 Å². The Hall–Kier alpha value is -2.58.